The fourth-order valence-electron chi connectivity index (χ4n) is 3.07. The first kappa shape index (κ1) is 24.4. The molecule has 3 N–H and O–H groups in total. The highest BCUT2D eigenvalue weighted by molar-refractivity contribution is 8.01. The van der Waals surface area contributed by atoms with Crippen molar-refractivity contribution in [2.24, 2.45) is 5.14 Å². The summed E-state index contributed by atoms with van der Waals surface area (Å²) in [6.45, 7) is 1.92. The van der Waals surface area contributed by atoms with E-state index in [2.05, 4.69) is 5.32 Å². The van der Waals surface area contributed by atoms with Gasteiger partial charge in [-0.05, 0) is 55.5 Å². The number of ether oxygens (including phenoxy) is 1. The second kappa shape index (κ2) is 10.1. The molecule has 1 atom stereocenters. The highest BCUT2D eigenvalue weighted by Gasteiger charge is 2.40. The first-order valence-electron chi connectivity index (χ1n) is 9.78. The van der Waals surface area contributed by atoms with Crippen molar-refractivity contribution in [1.29, 1.82) is 0 Å². The Bertz CT molecular complexity index is 1180. The van der Waals surface area contributed by atoms with Gasteiger partial charge in [0.1, 0.15) is 0 Å². The molecule has 3 amide bonds. The van der Waals surface area contributed by atoms with E-state index in [0.29, 0.717) is 16.9 Å². The Morgan fingerprint density at radius 1 is 1.12 bits per heavy atom. The lowest BCUT2D eigenvalue weighted by molar-refractivity contribution is -0.121. The number of hydrogen-bond acceptors (Lipinski definition) is 8. The van der Waals surface area contributed by atoms with Crippen molar-refractivity contribution < 1.29 is 32.3 Å². The number of benzene rings is 2. The predicted molar refractivity (Wildman–Crippen MR) is 122 cm³/mol. The molecule has 0 aliphatic carbocycles. The smallest absolute Gasteiger partial charge is 0.338 e. The molecule has 1 aliphatic rings. The lowest BCUT2D eigenvalue weighted by Crippen LogP contribution is -2.31. The molecule has 0 radical (unpaired) electrons. The van der Waals surface area contributed by atoms with Gasteiger partial charge in [0, 0.05) is 12.1 Å². The zero-order valence-electron chi connectivity index (χ0n) is 17.5. The molecule has 3 rings (SSSR count). The van der Waals surface area contributed by atoms with Crippen molar-refractivity contribution in [1.82, 2.24) is 0 Å². The van der Waals surface area contributed by atoms with Gasteiger partial charge in [0.15, 0.2) is 0 Å². The van der Waals surface area contributed by atoms with Gasteiger partial charge >= 0.3 is 5.97 Å². The van der Waals surface area contributed by atoms with Crippen molar-refractivity contribution in [3.05, 3.63) is 54.1 Å². The molecule has 1 fully saturated rings. The third kappa shape index (κ3) is 5.97. The van der Waals surface area contributed by atoms with E-state index < -0.39 is 39.0 Å². The number of nitrogens with one attached hydrogen (secondary N) is 1. The van der Waals surface area contributed by atoms with E-state index in [0.717, 1.165) is 16.7 Å². The summed E-state index contributed by atoms with van der Waals surface area (Å²) in [7, 11) is -3.83. The minimum Gasteiger partial charge on any atom is -0.462 e. The minimum absolute atomic E-state index is 0.0561. The normalized spacial score (nSPS) is 16.1. The number of anilines is 2. The molecule has 1 saturated heterocycles. The topological polar surface area (TPSA) is 153 Å². The monoisotopic (exact) mass is 491 g/mol. The maximum absolute atomic E-state index is 12.7. The molecule has 0 saturated carbocycles. The molecule has 1 aliphatic heterocycles. The number of primary sulfonamides is 1. The molecule has 1 heterocycles. The van der Waals surface area contributed by atoms with E-state index in [1.54, 1.807) is 6.92 Å². The van der Waals surface area contributed by atoms with Crippen LogP contribution in [0.4, 0.5) is 11.4 Å². The van der Waals surface area contributed by atoms with Crippen LogP contribution in [0.25, 0.3) is 0 Å². The molecule has 2 aromatic carbocycles. The third-order valence-corrected chi connectivity index (χ3v) is 6.75. The quantitative estimate of drug-likeness (QED) is 0.416. The van der Waals surface area contributed by atoms with Crippen LogP contribution < -0.4 is 15.4 Å². The SMILES string of the molecule is CCOC(=O)c1ccc(N2C(=O)C[C@@H](SCC(=O)Nc3ccc(S(N)(=O)=O)cc3)C2=O)cc1. The Hall–Kier alpha value is -3.22. The number of thioether (sulfide) groups is 1. The van der Waals surface area contributed by atoms with Crippen molar-refractivity contribution in [3.63, 3.8) is 0 Å². The maximum atomic E-state index is 12.7. The van der Waals surface area contributed by atoms with E-state index in [1.165, 1.54) is 48.5 Å². The summed E-state index contributed by atoms with van der Waals surface area (Å²) in [4.78, 5) is 50.1. The summed E-state index contributed by atoms with van der Waals surface area (Å²) in [6.07, 6.45) is -0.0561. The van der Waals surface area contributed by atoms with E-state index in [1.807, 2.05) is 0 Å². The highest BCUT2D eigenvalue weighted by Crippen LogP contribution is 2.30. The van der Waals surface area contributed by atoms with Gasteiger partial charge in [-0.1, -0.05) is 0 Å². The number of sulfonamides is 1. The van der Waals surface area contributed by atoms with Crippen molar-refractivity contribution in [2.75, 3.05) is 22.6 Å². The van der Waals surface area contributed by atoms with Crippen molar-refractivity contribution in [2.45, 2.75) is 23.5 Å². The first-order chi connectivity index (χ1) is 15.6. The van der Waals surface area contributed by atoms with Crippen LogP contribution in [0.15, 0.2) is 53.4 Å². The van der Waals surface area contributed by atoms with Crippen LogP contribution in [0.3, 0.4) is 0 Å². The fraction of sp³-hybridized carbons (Fsp3) is 0.238. The second-order valence-corrected chi connectivity index (χ2v) is 9.71. The second-order valence-electron chi connectivity index (χ2n) is 6.96. The molecular formula is C21H21N3O7S2. The van der Waals surface area contributed by atoms with Crippen LogP contribution in [0.5, 0.6) is 0 Å². The summed E-state index contributed by atoms with van der Waals surface area (Å²) < 4.78 is 27.5. The van der Waals surface area contributed by atoms with Gasteiger partial charge in [-0.25, -0.2) is 23.3 Å². The van der Waals surface area contributed by atoms with Crippen LogP contribution in [0.2, 0.25) is 0 Å². The molecule has 12 heteroatoms. The number of hydrogen-bond donors (Lipinski definition) is 2. The first-order valence-corrected chi connectivity index (χ1v) is 12.4. The van der Waals surface area contributed by atoms with Crippen molar-refractivity contribution in [3.8, 4) is 0 Å². The summed E-state index contributed by atoms with van der Waals surface area (Å²) in [6, 6.07) is 11.3. The number of carbonyl (C=O) groups excluding carboxylic acids is 4. The highest BCUT2D eigenvalue weighted by atomic mass is 32.2. The zero-order valence-corrected chi connectivity index (χ0v) is 19.1. The Morgan fingerprint density at radius 2 is 1.76 bits per heavy atom. The van der Waals surface area contributed by atoms with Gasteiger partial charge in [-0.2, -0.15) is 0 Å². The number of esters is 1. The predicted octanol–water partition coefficient (Wildman–Crippen LogP) is 1.51. The summed E-state index contributed by atoms with van der Waals surface area (Å²) in [5.41, 5.74) is 1.00. The van der Waals surface area contributed by atoms with Gasteiger partial charge in [0.2, 0.25) is 27.7 Å². The van der Waals surface area contributed by atoms with Gasteiger partial charge in [-0.3, -0.25) is 14.4 Å². The fourth-order valence-corrected chi connectivity index (χ4v) is 4.52. The van der Waals surface area contributed by atoms with E-state index in [9.17, 15) is 27.6 Å². The molecule has 10 nitrogen and oxygen atoms in total. The van der Waals surface area contributed by atoms with Crippen LogP contribution in [-0.4, -0.2) is 49.7 Å². The largest absolute Gasteiger partial charge is 0.462 e. The van der Waals surface area contributed by atoms with Gasteiger partial charge in [0.05, 0.1) is 33.8 Å². The van der Waals surface area contributed by atoms with E-state index >= 15 is 0 Å². The number of carbonyl (C=O) groups is 4. The van der Waals surface area contributed by atoms with Gasteiger partial charge < -0.3 is 10.1 Å². The molecule has 2 aromatic rings. The maximum Gasteiger partial charge on any atom is 0.338 e. The average Bonchev–Trinajstić information content (AvgIpc) is 3.05. The summed E-state index contributed by atoms with van der Waals surface area (Å²) >= 11 is 1.03. The minimum atomic E-state index is -3.83. The van der Waals surface area contributed by atoms with Crippen LogP contribution in [0, 0.1) is 0 Å². The molecule has 0 bridgehead atoms. The molecule has 0 spiro atoms. The molecule has 0 unspecified atom stereocenters. The number of imide groups is 1. The Morgan fingerprint density at radius 3 is 2.33 bits per heavy atom. The van der Waals surface area contributed by atoms with Crippen LogP contribution >= 0.6 is 11.8 Å². The third-order valence-electron chi connectivity index (χ3n) is 4.62. The van der Waals surface area contributed by atoms with Gasteiger partial charge in [-0.15, -0.1) is 11.8 Å². The number of rotatable bonds is 8. The Balaban J connectivity index is 1.57. The summed E-state index contributed by atoms with van der Waals surface area (Å²) in [5.74, 6) is -1.85. The average molecular weight is 492 g/mol. The van der Waals surface area contributed by atoms with Crippen LogP contribution in [-0.2, 0) is 29.1 Å². The Kier molecular flexibility index (Phi) is 7.51. The lowest BCUT2D eigenvalue weighted by atomic mass is 10.2. The molecular weight excluding hydrogens is 470 g/mol. The van der Waals surface area contributed by atoms with E-state index in [4.69, 9.17) is 9.88 Å². The van der Waals surface area contributed by atoms with Crippen molar-refractivity contribution >= 4 is 56.9 Å². The molecule has 0 aromatic heterocycles. The number of nitrogens with zero attached hydrogens (tertiary/aromatic N) is 1. The number of nitrogens with two attached hydrogens (primary N) is 1. The summed E-state index contributed by atoms with van der Waals surface area (Å²) in [5, 5.41) is 6.90. The number of amides is 3. The Labute approximate surface area is 194 Å². The van der Waals surface area contributed by atoms with E-state index in [-0.39, 0.29) is 23.7 Å². The zero-order chi connectivity index (χ0) is 24.2. The molecule has 174 valence electrons. The van der Waals surface area contributed by atoms with Crippen LogP contribution in [0.1, 0.15) is 23.7 Å². The molecule has 33 heavy (non-hydrogen) atoms. The van der Waals surface area contributed by atoms with Gasteiger partial charge in [0.25, 0.3) is 0 Å². The standard InChI is InChI=1S/C21H21N3O7S2/c1-2-31-21(28)13-3-7-15(8-4-13)24-19(26)11-17(20(24)27)32-12-18(25)23-14-5-9-16(10-6-14)33(22,29)30/h3-10,17H,2,11-12H2,1H3,(H,23,25)(H2,22,29,30)/t17-/m1/s1. The lowest BCUT2D eigenvalue weighted by Gasteiger charge is -2.15.